The molecule has 0 aliphatic carbocycles. The Labute approximate surface area is 148 Å². The number of hydrogen-bond donors (Lipinski definition) is 0. The number of rotatable bonds is 5. The molecule has 0 N–H and O–H groups in total. The van der Waals surface area contributed by atoms with Crippen molar-refractivity contribution in [3.8, 4) is 5.88 Å². The summed E-state index contributed by atoms with van der Waals surface area (Å²) in [6.45, 7) is 1.53. The van der Waals surface area contributed by atoms with E-state index in [1.54, 1.807) is 23.2 Å². The number of pyridine rings is 2. The van der Waals surface area contributed by atoms with Gasteiger partial charge in [-0.05, 0) is 24.6 Å². The van der Waals surface area contributed by atoms with Crippen molar-refractivity contribution < 1.29 is 13.9 Å². The first kappa shape index (κ1) is 16.9. The molecule has 0 aromatic carbocycles. The van der Waals surface area contributed by atoms with E-state index in [1.807, 2.05) is 6.92 Å². The van der Waals surface area contributed by atoms with E-state index in [0.29, 0.717) is 17.3 Å². The van der Waals surface area contributed by atoms with Crippen molar-refractivity contribution in [2.75, 3.05) is 13.3 Å². The third kappa shape index (κ3) is 3.03. The standard InChI is InChI=1S/C16H14Cl2FN3O2/c1-9(10-6-13(17)15(21-7-10)24-5-3-19)22-8-12-11(16(22)23)2-4-20-14(12)18/h2,4,6-7,9H,3,5,8H2,1H3. The number of alkyl halides is 1. The second kappa shape index (κ2) is 6.91. The zero-order valence-electron chi connectivity index (χ0n) is 12.8. The van der Waals surface area contributed by atoms with E-state index >= 15 is 0 Å². The number of hydrogen-bond acceptors (Lipinski definition) is 4. The normalized spacial score (nSPS) is 14.7. The van der Waals surface area contributed by atoms with Crippen LogP contribution in [-0.2, 0) is 6.54 Å². The average molecular weight is 370 g/mol. The van der Waals surface area contributed by atoms with Crippen molar-refractivity contribution in [3.63, 3.8) is 0 Å². The van der Waals surface area contributed by atoms with Gasteiger partial charge in [-0.3, -0.25) is 4.79 Å². The van der Waals surface area contributed by atoms with Gasteiger partial charge in [-0.15, -0.1) is 0 Å². The van der Waals surface area contributed by atoms with Crippen molar-refractivity contribution in [3.05, 3.63) is 51.4 Å². The number of amides is 1. The maximum absolute atomic E-state index is 12.6. The van der Waals surface area contributed by atoms with Crippen LogP contribution in [0.1, 0.15) is 34.5 Å². The van der Waals surface area contributed by atoms with E-state index in [0.717, 1.165) is 11.1 Å². The van der Waals surface area contributed by atoms with E-state index in [-0.39, 0.29) is 29.5 Å². The lowest BCUT2D eigenvalue weighted by Crippen LogP contribution is -2.27. The highest BCUT2D eigenvalue weighted by Crippen LogP contribution is 2.35. The molecule has 1 unspecified atom stereocenters. The lowest BCUT2D eigenvalue weighted by atomic mass is 10.1. The Morgan fingerprint density at radius 3 is 2.88 bits per heavy atom. The minimum absolute atomic E-state index is 0.104. The van der Waals surface area contributed by atoms with Crippen LogP contribution in [0.3, 0.4) is 0 Å². The summed E-state index contributed by atoms with van der Waals surface area (Å²) in [6, 6.07) is 3.07. The summed E-state index contributed by atoms with van der Waals surface area (Å²) in [5.41, 5.74) is 2.03. The summed E-state index contributed by atoms with van der Waals surface area (Å²) in [7, 11) is 0. The van der Waals surface area contributed by atoms with Crippen LogP contribution >= 0.6 is 23.2 Å². The molecule has 8 heteroatoms. The quantitative estimate of drug-likeness (QED) is 0.751. The summed E-state index contributed by atoms with van der Waals surface area (Å²) in [6.07, 6.45) is 3.09. The van der Waals surface area contributed by atoms with Crippen LogP contribution < -0.4 is 4.74 Å². The highest BCUT2D eigenvalue weighted by Gasteiger charge is 2.33. The van der Waals surface area contributed by atoms with E-state index in [2.05, 4.69) is 9.97 Å². The third-order valence-electron chi connectivity index (χ3n) is 3.92. The molecule has 24 heavy (non-hydrogen) atoms. The molecule has 0 saturated heterocycles. The second-order valence-electron chi connectivity index (χ2n) is 5.33. The highest BCUT2D eigenvalue weighted by molar-refractivity contribution is 6.32. The molecule has 0 fully saturated rings. The Kier molecular flexibility index (Phi) is 4.87. The molecular weight excluding hydrogens is 356 g/mol. The first-order valence-electron chi connectivity index (χ1n) is 7.31. The molecule has 1 atom stereocenters. The van der Waals surface area contributed by atoms with E-state index in [1.165, 1.54) is 6.20 Å². The number of halogens is 3. The van der Waals surface area contributed by atoms with Crippen LogP contribution in [0.2, 0.25) is 10.2 Å². The van der Waals surface area contributed by atoms with Gasteiger partial charge in [0.25, 0.3) is 5.91 Å². The zero-order chi connectivity index (χ0) is 17.3. The molecule has 0 saturated carbocycles. The number of carbonyl (C=O) groups excluding carboxylic acids is 1. The molecule has 3 heterocycles. The number of ether oxygens (including phenoxy) is 1. The number of aromatic nitrogens is 2. The smallest absolute Gasteiger partial charge is 0.255 e. The van der Waals surface area contributed by atoms with Crippen LogP contribution in [0.4, 0.5) is 4.39 Å². The number of nitrogens with zero attached hydrogens (tertiary/aromatic N) is 3. The molecule has 126 valence electrons. The van der Waals surface area contributed by atoms with E-state index in [4.69, 9.17) is 27.9 Å². The van der Waals surface area contributed by atoms with Crippen LogP contribution in [-0.4, -0.2) is 34.1 Å². The Hall–Kier alpha value is -1.92. The van der Waals surface area contributed by atoms with Crippen LogP contribution in [0.15, 0.2) is 24.5 Å². The van der Waals surface area contributed by atoms with Crippen LogP contribution in [0.5, 0.6) is 5.88 Å². The molecule has 5 nitrogen and oxygen atoms in total. The molecule has 0 spiro atoms. The van der Waals surface area contributed by atoms with Gasteiger partial charge >= 0.3 is 0 Å². The monoisotopic (exact) mass is 369 g/mol. The molecule has 0 radical (unpaired) electrons. The Morgan fingerprint density at radius 2 is 2.21 bits per heavy atom. The first-order chi connectivity index (χ1) is 11.5. The van der Waals surface area contributed by atoms with Crippen molar-refractivity contribution in [2.24, 2.45) is 0 Å². The van der Waals surface area contributed by atoms with Gasteiger partial charge in [0.15, 0.2) is 0 Å². The minimum atomic E-state index is -0.620. The van der Waals surface area contributed by atoms with E-state index < -0.39 is 6.67 Å². The fraction of sp³-hybridized carbons (Fsp3) is 0.312. The summed E-state index contributed by atoms with van der Waals surface area (Å²) >= 11 is 12.2. The van der Waals surface area contributed by atoms with Crippen molar-refractivity contribution in [1.82, 2.24) is 14.9 Å². The molecular formula is C16H14Cl2FN3O2. The van der Waals surface area contributed by atoms with Gasteiger partial charge in [-0.2, -0.15) is 0 Å². The van der Waals surface area contributed by atoms with Crippen molar-refractivity contribution in [2.45, 2.75) is 19.5 Å². The van der Waals surface area contributed by atoms with Gasteiger partial charge in [0.2, 0.25) is 5.88 Å². The van der Waals surface area contributed by atoms with Gasteiger partial charge in [-0.1, -0.05) is 23.2 Å². The molecule has 1 aliphatic rings. The summed E-state index contributed by atoms with van der Waals surface area (Å²) < 4.78 is 17.3. The van der Waals surface area contributed by atoms with Gasteiger partial charge in [0.05, 0.1) is 12.6 Å². The zero-order valence-corrected chi connectivity index (χ0v) is 14.3. The largest absolute Gasteiger partial charge is 0.474 e. The molecule has 2 aromatic rings. The molecule has 2 aromatic heterocycles. The van der Waals surface area contributed by atoms with Crippen LogP contribution in [0, 0.1) is 0 Å². The number of fused-ring (bicyclic) bond motifs is 1. The van der Waals surface area contributed by atoms with Gasteiger partial charge < -0.3 is 9.64 Å². The van der Waals surface area contributed by atoms with Crippen molar-refractivity contribution in [1.29, 1.82) is 0 Å². The SMILES string of the molecule is CC(c1cnc(OCCF)c(Cl)c1)N1Cc2c(ccnc2Cl)C1=O. The van der Waals surface area contributed by atoms with Gasteiger partial charge in [0, 0.05) is 23.5 Å². The highest BCUT2D eigenvalue weighted by atomic mass is 35.5. The Bertz CT molecular complexity index is 788. The molecule has 1 aliphatic heterocycles. The summed E-state index contributed by atoms with van der Waals surface area (Å²) in [5.74, 6) is 0.0595. The predicted molar refractivity (Wildman–Crippen MR) is 88.3 cm³/mol. The second-order valence-corrected chi connectivity index (χ2v) is 6.10. The molecule has 3 rings (SSSR count). The molecule has 1 amide bonds. The summed E-state index contributed by atoms with van der Waals surface area (Å²) in [4.78, 5) is 22.4. The Balaban J connectivity index is 1.83. The Morgan fingerprint density at radius 1 is 1.42 bits per heavy atom. The third-order valence-corrected chi connectivity index (χ3v) is 4.51. The van der Waals surface area contributed by atoms with Crippen LogP contribution in [0.25, 0.3) is 0 Å². The average Bonchev–Trinajstić information content (AvgIpc) is 2.91. The maximum Gasteiger partial charge on any atom is 0.255 e. The van der Waals surface area contributed by atoms with Gasteiger partial charge in [0.1, 0.15) is 23.5 Å². The maximum atomic E-state index is 12.6. The summed E-state index contributed by atoms with van der Waals surface area (Å²) in [5, 5.41) is 0.610. The molecule has 0 bridgehead atoms. The van der Waals surface area contributed by atoms with Crippen molar-refractivity contribution >= 4 is 29.1 Å². The fourth-order valence-electron chi connectivity index (χ4n) is 2.62. The van der Waals surface area contributed by atoms with E-state index in [9.17, 15) is 9.18 Å². The fourth-order valence-corrected chi connectivity index (χ4v) is 3.06. The predicted octanol–water partition coefficient (Wildman–Crippen LogP) is 3.85. The van der Waals surface area contributed by atoms with Gasteiger partial charge in [-0.25, -0.2) is 14.4 Å². The minimum Gasteiger partial charge on any atom is -0.474 e. The lowest BCUT2D eigenvalue weighted by Gasteiger charge is -2.24. The number of carbonyl (C=O) groups is 1. The lowest BCUT2D eigenvalue weighted by molar-refractivity contribution is 0.0715. The first-order valence-corrected chi connectivity index (χ1v) is 8.07. The topological polar surface area (TPSA) is 55.3 Å².